The molecule has 3 aromatic rings. The lowest BCUT2D eigenvalue weighted by Crippen LogP contribution is -2.43. The molecule has 1 heterocycles. The summed E-state index contributed by atoms with van der Waals surface area (Å²) < 4.78 is 46.6. The van der Waals surface area contributed by atoms with Gasteiger partial charge in [0.15, 0.2) is 0 Å². The number of sulfonamides is 1. The van der Waals surface area contributed by atoms with Crippen LogP contribution in [-0.4, -0.2) is 55.3 Å². The third-order valence-electron chi connectivity index (χ3n) is 5.76. The molecule has 1 aromatic heterocycles. The Morgan fingerprint density at radius 1 is 1.16 bits per heavy atom. The van der Waals surface area contributed by atoms with Crippen molar-refractivity contribution in [3.63, 3.8) is 0 Å². The van der Waals surface area contributed by atoms with Crippen LogP contribution in [0.1, 0.15) is 22.4 Å². The van der Waals surface area contributed by atoms with Gasteiger partial charge in [-0.15, -0.1) is 11.3 Å². The molecule has 0 radical (unpaired) electrons. The van der Waals surface area contributed by atoms with Gasteiger partial charge in [0.1, 0.15) is 10.8 Å². The number of amides is 1. The number of ether oxygens (including phenoxy) is 1. The number of hydrogen-bond acceptors (Lipinski definition) is 7. The Morgan fingerprint density at radius 3 is 2.47 bits per heavy atom. The van der Waals surface area contributed by atoms with Crippen LogP contribution in [0.2, 0.25) is 5.02 Å². The minimum atomic E-state index is -4.31. The van der Waals surface area contributed by atoms with Crippen molar-refractivity contribution >= 4 is 44.6 Å². The van der Waals surface area contributed by atoms with Gasteiger partial charge in [0.2, 0.25) is 15.9 Å². The van der Waals surface area contributed by atoms with Crippen LogP contribution in [0.15, 0.2) is 58.8 Å². The van der Waals surface area contributed by atoms with Crippen LogP contribution in [-0.2, 0) is 32.6 Å². The number of nitro benzene ring substituents is 1. The van der Waals surface area contributed by atoms with Crippen LogP contribution in [0.4, 0.5) is 10.1 Å². The highest BCUT2D eigenvalue weighted by Crippen LogP contribution is 2.29. The lowest BCUT2D eigenvalue weighted by Gasteiger charge is -2.27. The minimum Gasteiger partial charge on any atom is -0.385 e. The summed E-state index contributed by atoms with van der Waals surface area (Å²) in [5.41, 5.74) is 1.11. The Labute approximate surface area is 229 Å². The lowest BCUT2D eigenvalue weighted by atomic mass is 10.2. The first-order valence-corrected chi connectivity index (χ1v) is 14.2. The van der Waals surface area contributed by atoms with Crippen LogP contribution < -0.4 is 0 Å². The third kappa shape index (κ3) is 7.58. The number of methoxy groups -OCH3 is 1. The van der Waals surface area contributed by atoms with Gasteiger partial charge in [-0.2, -0.15) is 4.31 Å². The smallest absolute Gasteiger partial charge is 0.289 e. The number of rotatable bonds is 13. The van der Waals surface area contributed by atoms with Crippen molar-refractivity contribution in [3.8, 4) is 0 Å². The summed E-state index contributed by atoms with van der Waals surface area (Å²) in [4.78, 5) is 26.3. The maximum atomic E-state index is 13.6. The molecule has 13 heteroatoms. The highest BCUT2D eigenvalue weighted by atomic mass is 35.5. The number of aryl methyl sites for hydroxylation is 1. The fraction of sp³-hybridized carbons (Fsp3) is 0.320. The van der Waals surface area contributed by atoms with E-state index >= 15 is 0 Å². The molecule has 0 aliphatic rings. The fourth-order valence-corrected chi connectivity index (χ4v) is 6.20. The van der Waals surface area contributed by atoms with Gasteiger partial charge in [0, 0.05) is 37.7 Å². The van der Waals surface area contributed by atoms with Crippen LogP contribution in [0.25, 0.3) is 0 Å². The molecular formula is C25H27ClFN3O6S2. The molecule has 0 spiro atoms. The second-order valence-electron chi connectivity index (χ2n) is 8.46. The van der Waals surface area contributed by atoms with E-state index in [-0.39, 0.29) is 36.2 Å². The van der Waals surface area contributed by atoms with Gasteiger partial charge in [-0.1, -0.05) is 23.7 Å². The van der Waals surface area contributed by atoms with Crippen LogP contribution in [0.5, 0.6) is 0 Å². The summed E-state index contributed by atoms with van der Waals surface area (Å²) in [6.45, 7) is 1.97. The number of nitrogens with zero attached hydrogens (tertiary/aromatic N) is 3. The predicted molar refractivity (Wildman–Crippen MR) is 143 cm³/mol. The topological polar surface area (TPSA) is 110 Å². The number of hydrogen-bond donors (Lipinski definition) is 0. The molecule has 0 fully saturated rings. The quantitative estimate of drug-likeness (QED) is 0.159. The summed E-state index contributed by atoms with van der Waals surface area (Å²) in [7, 11) is -2.84. The highest BCUT2D eigenvalue weighted by molar-refractivity contribution is 7.89. The molecule has 3 rings (SSSR count). The number of thiophene rings is 1. The zero-order valence-electron chi connectivity index (χ0n) is 20.8. The highest BCUT2D eigenvalue weighted by Gasteiger charge is 2.30. The second-order valence-corrected chi connectivity index (χ2v) is 11.8. The van der Waals surface area contributed by atoms with Crippen molar-refractivity contribution < 1.29 is 27.3 Å². The molecule has 0 atom stereocenters. The Kier molecular flexibility index (Phi) is 10.3. The molecule has 0 bridgehead atoms. The van der Waals surface area contributed by atoms with Gasteiger partial charge in [-0.3, -0.25) is 14.9 Å². The Balaban J connectivity index is 1.93. The maximum Gasteiger partial charge on any atom is 0.289 e. The first-order chi connectivity index (χ1) is 18.0. The minimum absolute atomic E-state index is 0.0548. The molecule has 204 valence electrons. The first-order valence-electron chi connectivity index (χ1n) is 11.5. The molecule has 0 saturated heterocycles. The third-order valence-corrected chi connectivity index (χ3v) is 8.93. The van der Waals surface area contributed by atoms with E-state index in [2.05, 4.69) is 0 Å². The predicted octanol–water partition coefficient (Wildman–Crippen LogP) is 5.01. The molecule has 9 nitrogen and oxygen atoms in total. The largest absolute Gasteiger partial charge is 0.385 e. The summed E-state index contributed by atoms with van der Waals surface area (Å²) in [6, 6.07) is 10.8. The number of benzene rings is 2. The molecule has 38 heavy (non-hydrogen) atoms. The molecule has 0 aliphatic heterocycles. The molecule has 0 saturated carbocycles. The lowest BCUT2D eigenvalue weighted by molar-refractivity contribution is -0.384. The van der Waals surface area contributed by atoms with Crippen molar-refractivity contribution in [3.05, 3.63) is 90.9 Å². The molecule has 1 amide bonds. The molecule has 0 aliphatic carbocycles. The molecule has 0 N–H and O–H groups in total. The average Bonchev–Trinajstić information content (AvgIpc) is 3.28. The van der Waals surface area contributed by atoms with Crippen molar-refractivity contribution in [1.29, 1.82) is 0 Å². The number of nitro groups is 1. The standard InChI is InChI=1S/C25H27ClFN3O6S2/c1-18-10-13-37-24(18)16-28(15-19-4-6-20(27)7-5-19)25(31)17-29(11-3-12-36-2)38(34,35)21-8-9-22(26)23(14-21)30(32)33/h4-10,13-14H,3,11-12,15-17H2,1-2H3. The van der Waals surface area contributed by atoms with Gasteiger partial charge in [0.25, 0.3) is 5.69 Å². The summed E-state index contributed by atoms with van der Waals surface area (Å²) >= 11 is 7.34. The number of halogens is 2. The Bertz CT molecular complexity index is 1380. The van der Waals surface area contributed by atoms with Gasteiger partial charge in [-0.05, 0) is 60.2 Å². The van der Waals surface area contributed by atoms with E-state index in [4.69, 9.17) is 16.3 Å². The SMILES string of the molecule is COCCCN(CC(=O)N(Cc1ccc(F)cc1)Cc1sccc1C)S(=O)(=O)c1ccc(Cl)c([N+](=O)[O-])c1. The van der Waals surface area contributed by atoms with E-state index in [0.717, 1.165) is 26.9 Å². The van der Waals surface area contributed by atoms with Crippen molar-refractivity contribution in [2.24, 2.45) is 0 Å². The van der Waals surface area contributed by atoms with Crippen molar-refractivity contribution in [2.75, 3.05) is 26.8 Å². The van der Waals surface area contributed by atoms with E-state index in [1.807, 2.05) is 18.4 Å². The maximum absolute atomic E-state index is 13.6. The molecule has 0 unspecified atom stereocenters. The number of carbonyl (C=O) groups is 1. The molecular weight excluding hydrogens is 557 g/mol. The Hall–Kier alpha value is -2.90. The van der Waals surface area contributed by atoms with E-state index in [9.17, 15) is 27.7 Å². The van der Waals surface area contributed by atoms with Crippen LogP contribution in [0, 0.1) is 22.9 Å². The van der Waals surface area contributed by atoms with E-state index in [1.165, 1.54) is 41.5 Å². The van der Waals surface area contributed by atoms with Gasteiger partial charge in [-0.25, -0.2) is 12.8 Å². The summed E-state index contributed by atoms with van der Waals surface area (Å²) in [6.07, 6.45) is 0.292. The zero-order chi connectivity index (χ0) is 27.9. The van der Waals surface area contributed by atoms with E-state index in [0.29, 0.717) is 12.0 Å². The summed E-state index contributed by atoms with van der Waals surface area (Å²) in [5, 5.41) is 13.0. The molecule has 2 aromatic carbocycles. The Morgan fingerprint density at radius 2 is 1.87 bits per heavy atom. The second kappa shape index (κ2) is 13.3. The first kappa shape index (κ1) is 29.7. The average molecular weight is 584 g/mol. The van der Waals surface area contributed by atoms with Crippen molar-refractivity contribution in [1.82, 2.24) is 9.21 Å². The van der Waals surface area contributed by atoms with E-state index in [1.54, 1.807) is 12.1 Å². The van der Waals surface area contributed by atoms with Gasteiger partial charge in [0.05, 0.1) is 22.9 Å². The fourth-order valence-electron chi connectivity index (χ4n) is 3.64. The van der Waals surface area contributed by atoms with Crippen molar-refractivity contribution in [2.45, 2.75) is 31.3 Å². The van der Waals surface area contributed by atoms with Crippen LogP contribution >= 0.6 is 22.9 Å². The van der Waals surface area contributed by atoms with E-state index < -0.39 is 38.9 Å². The summed E-state index contributed by atoms with van der Waals surface area (Å²) in [5.74, 6) is -0.889. The normalized spacial score (nSPS) is 11.6. The zero-order valence-corrected chi connectivity index (χ0v) is 23.2. The van der Waals surface area contributed by atoms with Gasteiger partial charge >= 0.3 is 0 Å². The number of carbonyl (C=O) groups excluding carboxylic acids is 1. The monoisotopic (exact) mass is 583 g/mol. The van der Waals surface area contributed by atoms with Crippen LogP contribution in [0.3, 0.4) is 0 Å². The van der Waals surface area contributed by atoms with Gasteiger partial charge < -0.3 is 9.64 Å².